The highest BCUT2D eigenvalue weighted by molar-refractivity contribution is 5.88. The first-order valence-corrected chi connectivity index (χ1v) is 8.86. The van der Waals surface area contributed by atoms with Gasteiger partial charge in [-0.1, -0.05) is 29.8 Å². The van der Waals surface area contributed by atoms with Crippen molar-refractivity contribution in [2.75, 3.05) is 13.2 Å². The Morgan fingerprint density at radius 1 is 1.20 bits per heavy atom. The maximum atomic E-state index is 13.2. The number of nitrogens with zero attached hydrogens (tertiary/aromatic N) is 2. The molecule has 0 radical (unpaired) electrons. The van der Waals surface area contributed by atoms with Gasteiger partial charge in [0.25, 0.3) is 0 Å². The van der Waals surface area contributed by atoms with E-state index in [0.29, 0.717) is 32.6 Å². The lowest BCUT2D eigenvalue weighted by Gasteiger charge is -2.36. The lowest BCUT2D eigenvalue weighted by atomic mass is 9.73. The molecule has 1 saturated heterocycles. The molecule has 0 aliphatic carbocycles. The molecule has 5 heteroatoms. The van der Waals surface area contributed by atoms with E-state index in [1.54, 1.807) is 0 Å². The Morgan fingerprint density at radius 3 is 2.40 bits per heavy atom. The summed E-state index contributed by atoms with van der Waals surface area (Å²) in [6.07, 6.45) is 1.43. The van der Waals surface area contributed by atoms with Gasteiger partial charge in [-0.05, 0) is 39.2 Å². The Bertz CT molecular complexity index is 756. The highest BCUT2D eigenvalue weighted by Gasteiger charge is 2.41. The monoisotopic (exact) mass is 341 g/mol. The summed E-state index contributed by atoms with van der Waals surface area (Å²) in [6, 6.07) is 8.33. The molecule has 3 rings (SSSR count). The zero-order chi connectivity index (χ0) is 18.0. The molecular formula is C20H27N3O2. The van der Waals surface area contributed by atoms with Gasteiger partial charge in [-0.15, -0.1) is 0 Å². The number of aromatic nitrogens is 2. The second-order valence-electron chi connectivity index (χ2n) is 7.02. The van der Waals surface area contributed by atoms with Gasteiger partial charge in [0, 0.05) is 38.1 Å². The van der Waals surface area contributed by atoms with Gasteiger partial charge < -0.3 is 10.1 Å². The Labute approximate surface area is 149 Å². The molecule has 0 saturated carbocycles. The van der Waals surface area contributed by atoms with E-state index in [1.807, 2.05) is 25.6 Å². The van der Waals surface area contributed by atoms with Crippen LogP contribution in [0.1, 0.15) is 40.9 Å². The zero-order valence-electron chi connectivity index (χ0n) is 15.6. The summed E-state index contributed by atoms with van der Waals surface area (Å²) in [7, 11) is 1.93. The van der Waals surface area contributed by atoms with E-state index in [9.17, 15) is 4.79 Å². The van der Waals surface area contributed by atoms with E-state index in [-0.39, 0.29) is 5.91 Å². The summed E-state index contributed by atoms with van der Waals surface area (Å²) in [5, 5.41) is 7.60. The van der Waals surface area contributed by atoms with Crippen molar-refractivity contribution in [2.45, 2.75) is 45.6 Å². The van der Waals surface area contributed by atoms with Crippen molar-refractivity contribution < 1.29 is 9.53 Å². The van der Waals surface area contributed by atoms with Crippen molar-refractivity contribution in [3.63, 3.8) is 0 Å². The molecule has 134 valence electrons. The van der Waals surface area contributed by atoms with Gasteiger partial charge in [0.1, 0.15) is 0 Å². The number of aryl methyl sites for hydroxylation is 3. The van der Waals surface area contributed by atoms with Gasteiger partial charge in [0.15, 0.2) is 0 Å². The fourth-order valence-electron chi connectivity index (χ4n) is 3.65. The van der Waals surface area contributed by atoms with Crippen LogP contribution in [0.5, 0.6) is 0 Å². The van der Waals surface area contributed by atoms with Crippen molar-refractivity contribution in [3.05, 3.63) is 52.3 Å². The summed E-state index contributed by atoms with van der Waals surface area (Å²) < 4.78 is 7.39. The summed E-state index contributed by atoms with van der Waals surface area (Å²) >= 11 is 0. The number of nitrogens with one attached hydrogen (secondary N) is 1. The fraction of sp³-hybridized carbons (Fsp3) is 0.500. The average molecular weight is 341 g/mol. The molecule has 1 N–H and O–H groups in total. The molecular weight excluding hydrogens is 314 g/mol. The second kappa shape index (κ2) is 7.00. The smallest absolute Gasteiger partial charge is 0.231 e. The van der Waals surface area contributed by atoms with Gasteiger partial charge >= 0.3 is 0 Å². The third-order valence-electron chi connectivity index (χ3n) is 5.47. The average Bonchev–Trinajstić information content (AvgIpc) is 2.86. The Morgan fingerprint density at radius 2 is 1.84 bits per heavy atom. The SMILES string of the molecule is Cc1ccc(C2(C(=O)NCc3c(C)nn(C)c3C)CCOCC2)cc1. The van der Waals surface area contributed by atoms with E-state index in [0.717, 1.165) is 22.5 Å². The number of rotatable bonds is 4. The molecule has 5 nitrogen and oxygen atoms in total. The molecule has 25 heavy (non-hydrogen) atoms. The molecule has 1 fully saturated rings. The number of amides is 1. The molecule has 1 aliphatic rings. The summed E-state index contributed by atoms with van der Waals surface area (Å²) in [6.45, 7) is 7.83. The maximum Gasteiger partial charge on any atom is 0.231 e. The van der Waals surface area contributed by atoms with Gasteiger partial charge in [-0.25, -0.2) is 0 Å². The lowest BCUT2D eigenvalue weighted by Crippen LogP contribution is -2.47. The first kappa shape index (κ1) is 17.7. The van der Waals surface area contributed by atoms with E-state index in [2.05, 4.69) is 41.6 Å². The molecule has 0 atom stereocenters. The van der Waals surface area contributed by atoms with Crippen LogP contribution in [0.2, 0.25) is 0 Å². The second-order valence-corrected chi connectivity index (χ2v) is 7.02. The predicted molar refractivity (Wildman–Crippen MR) is 97.4 cm³/mol. The van der Waals surface area contributed by atoms with Gasteiger partial charge in [0.05, 0.1) is 11.1 Å². The van der Waals surface area contributed by atoms with Crippen molar-refractivity contribution in [1.82, 2.24) is 15.1 Å². The van der Waals surface area contributed by atoms with Crippen LogP contribution in [0.3, 0.4) is 0 Å². The van der Waals surface area contributed by atoms with Crippen LogP contribution in [0.15, 0.2) is 24.3 Å². The molecule has 0 spiro atoms. The van der Waals surface area contributed by atoms with Gasteiger partial charge in [0.2, 0.25) is 5.91 Å². The van der Waals surface area contributed by atoms with Crippen molar-refractivity contribution >= 4 is 5.91 Å². The van der Waals surface area contributed by atoms with Crippen molar-refractivity contribution in [1.29, 1.82) is 0 Å². The number of ether oxygens (including phenoxy) is 1. The molecule has 1 amide bonds. The number of carbonyl (C=O) groups excluding carboxylic acids is 1. The van der Waals surface area contributed by atoms with Gasteiger partial charge in [-0.3, -0.25) is 9.48 Å². The largest absolute Gasteiger partial charge is 0.381 e. The predicted octanol–water partition coefficient (Wildman–Crippen LogP) is 2.71. The number of hydrogen-bond acceptors (Lipinski definition) is 3. The van der Waals surface area contributed by atoms with Crippen LogP contribution in [-0.4, -0.2) is 28.9 Å². The highest BCUT2D eigenvalue weighted by Crippen LogP contribution is 2.35. The normalized spacial score (nSPS) is 16.6. The Balaban J connectivity index is 1.83. The van der Waals surface area contributed by atoms with Crippen LogP contribution >= 0.6 is 0 Å². The molecule has 0 bridgehead atoms. The minimum absolute atomic E-state index is 0.0855. The van der Waals surface area contributed by atoms with Crippen molar-refractivity contribution in [2.24, 2.45) is 7.05 Å². The third-order valence-corrected chi connectivity index (χ3v) is 5.47. The van der Waals surface area contributed by atoms with Crippen LogP contribution in [0, 0.1) is 20.8 Å². The van der Waals surface area contributed by atoms with E-state index >= 15 is 0 Å². The zero-order valence-corrected chi connectivity index (χ0v) is 15.6. The number of carbonyl (C=O) groups is 1. The maximum absolute atomic E-state index is 13.2. The Hall–Kier alpha value is -2.14. The quantitative estimate of drug-likeness (QED) is 0.930. The highest BCUT2D eigenvalue weighted by atomic mass is 16.5. The standard InChI is InChI=1S/C20H27N3O2/c1-14-5-7-17(8-6-14)20(9-11-25-12-10-20)19(24)21-13-18-15(2)22-23(4)16(18)3/h5-8H,9-13H2,1-4H3,(H,21,24). The summed E-state index contributed by atoms with van der Waals surface area (Å²) in [4.78, 5) is 13.2. The first-order valence-electron chi connectivity index (χ1n) is 8.86. The number of hydrogen-bond donors (Lipinski definition) is 1. The van der Waals surface area contributed by atoms with E-state index in [1.165, 1.54) is 5.56 Å². The molecule has 0 unspecified atom stereocenters. The minimum atomic E-state index is -0.504. The van der Waals surface area contributed by atoms with E-state index in [4.69, 9.17) is 4.74 Å². The summed E-state index contributed by atoms with van der Waals surface area (Å²) in [5.74, 6) is 0.0855. The fourth-order valence-corrected chi connectivity index (χ4v) is 3.65. The minimum Gasteiger partial charge on any atom is -0.381 e. The lowest BCUT2D eigenvalue weighted by molar-refractivity contribution is -0.130. The summed E-state index contributed by atoms with van der Waals surface area (Å²) in [5.41, 5.74) is 4.94. The van der Waals surface area contributed by atoms with Crippen LogP contribution in [0.4, 0.5) is 0 Å². The molecule has 2 aromatic rings. The van der Waals surface area contributed by atoms with Crippen LogP contribution < -0.4 is 5.32 Å². The first-order chi connectivity index (χ1) is 11.9. The number of benzene rings is 1. The van der Waals surface area contributed by atoms with E-state index < -0.39 is 5.41 Å². The van der Waals surface area contributed by atoms with Crippen molar-refractivity contribution in [3.8, 4) is 0 Å². The molecule has 2 heterocycles. The van der Waals surface area contributed by atoms with Crippen LogP contribution in [-0.2, 0) is 28.5 Å². The third kappa shape index (κ3) is 3.33. The molecule has 1 aromatic heterocycles. The topological polar surface area (TPSA) is 56.2 Å². The Kier molecular flexibility index (Phi) is 4.95. The molecule has 1 aliphatic heterocycles. The van der Waals surface area contributed by atoms with Gasteiger partial charge in [-0.2, -0.15) is 5.10 Å². The molecule has 1 aromatic carbocycles. The van der Waals surface area contributed by atoms with Crippen LogP contribution in [0.25, 0.3) is 0 Å².